The lowest BCUT2D eigenvalue weighted by atomic mass is 9.82. The summed E-state index contributed by atoms with van der Waals surface area (Å²) in [7, 11) is 0. The van der Waals surface area contributed by atoms with Gasteiger partial charge in [-0.1, -0.05) is 12.1 Å². The van der Waals surface area contributed by atoms with Crippen molar-refractivity contribution in [1.82, 2.24) is 14.9 Å². The molecular weight excluding hydrogens is 480 g/mol. The van der Waals surface area contributed by atoms with Crippen molar-refractivity contribution in [3.63, 3.8) is 0 Å². The van der Waals surface area contributed by atoms with Gasteiger partial charge in [-0.05, 0) is 50.4 Å². The number of alkyl halides is 3. The van der Waals surface area contributed by atoms with Gasteiger partial charge in [-0.2, -0.15) is 17.6 Å². The van der Waals surface area contributed by atoms with E-state index >= 15 is 4.39 Å². The van der Waals surface area contributed by atoms with Gasteiger partial charge in [-0.15, -0.1) is 0 Å². The smallest absolute Gasteiger partial charge is 0.388 e. The number of rotatable bonds is 9. The largest absolute Gasteiger partial charge is 0.416 e. The van der Waals surface area contributed by atoms with E-state index in [2.05, 4.69) is 15.3 Å². The second-order valence-electron chi connectivity index (χ2n) is 9.81. The average Bonchev–Trinajstić information content (AvgIpc) is 3.62. The second-order valence-corrected chi connectivity index (χ2v) is 9.81. The molecule has 2 aliphatic rings. The van der Waals surface area contributed by atoms with Crippen LogP contribution in [0.15, 0.2) is 30.6 Å². The molecule has 2 fully saturated rings. The zero-order chi connectivity index (χ0) is 26.1. The predicted octanol–water partition coefficient (Wildman–Crippen LogP) is 2.77. The fourth-order valence-electron chi connectivity index (χ4n) is 4.65. The lowest BCUT2D eigenvalue weighted by Crippen LogP contribution is -2.55. The van der Waals surface area contributed by atoms with Crippen LogP contribution in [0.4, 0.5) is 29.2 Å². The highest BCUT2D eigenvalue weighted by molar-refractivity contribution is 5.75. The van der Waals surface area contributed by atoms with E-state index in [4.69, 9.17) is 5.73 Å². The van der Waals surface area contributed by atoms with Crippen molar-refractivity contribution < 1.29 is 27.5 Å². The molecule has 2 atom stereocenters. The fourth-order valence-corrected chi connectivity index (χ4v) is 4.65. The van der Waals surface area contributed by atoms with Gasteiger partial charge in [-0.3, -0.25) is 9.69 Å². The monoisotopic (exact) mass is 510 g/mol. The minimum Gasteiger partial charge on any atom is -0.388 e. The SMILES string of the molecule is CC1(O)CN(CC(N)=O)CC[C@H]1CNc1ncnc(N(Cc2ccc(C(F)(F)F)cc2)C2CC2)c1F. The van der Waals surface area contributed by atoms with E-state index in [9.17, 15) is 23.1 Å². The van der Waals surface area contributed by atoms with E-state index in [-0.39, 0.29) is 49.8 Å². The molecule has 2 heterocycles. The number of hydrogen-bond donors (Lipinski definition) is 3. The number of piperidine rings is 1. The molecule has 2 aromatic rings. The number of nitrogens with zero attached hydrogens (tertiary/aromatic N) is 4. The molecule has 1 aliphatic heterocycles. The number of β-amino-alcohol motifs (C(OH)–C–C–N with tert-alkyl or cyclic N) is 1. The summed E-state index contributed by atoms with van der Waals surface area (Å²) in [4.78, 5) is 22.9. The Morgan fingerprint density at radius 1 is 1.25 bits per heavy atom. The van der Waals surface area contributed by atoms with Gasteiger partial charge >= 0.3 is 6.18 Å². The van der Waals surface area contributed by atoms with Gasteiger partial charge in [0.05, 0.1) is 17.7 Å². The Labute approximate surface area is 206 Å². The van der Waals surface area contributed by atoms with Gasteiger partial charge in [0.1, 0.15) is 6.33 Å². The van der Waals surface area contributed by atoms with Crippen LogP contribution in [0.5, 0.6) is 0 Å². The van der Waals surface area contributed by atoms with Crippen LogP contribution in [0, 0.1) is 11.7 Å². The Kier molecular flexibility index (Phi) is 7.37. The van der Waals surface area contributed by atoms with Crippen LogP contribution in [-0.4, -0.2) is 63.7 Å². The molecule has 0 spiro atoms. The van der Waals surface area contributed by atoms with E-state index in [0.717, 1.165) is 25.0 Å². The van der Waals surface area contributed by atoms with Crippen LogP contribution in [0.1, 0.15) is 37.3 Å². The normalized spacial score (nSPS) is 22.9. The highest BCUT2D eigenvalue weighted by atomic mass is 19.4. The fraction of sp³-hybridized carbons (Fsp3) is 0.542. The number of benzene rings is 1. The summed E-state index contributed by atoms with van der Waals surface area (Å²) >= 11 is 0. The number of primary amides is 1. The van der Waals surface area contributed by atoms with Crippen molar-refractivity contribution in [2.45, 2.75) is 50.6 Å². The molecule has 1 aromatic heterocycles. The first-order valence-corrected chi connectivity index (χ1v) is 11.8. The number of amides is 1. The van der Waals surface area contributed by atoms with Crippen molar-refractivity contribution in [3.05, 3.63) is 47.5 Å². The van der Waals surface area contributed by atoms with Crippen molar-refractivity contribution in [3.8, 4) is 0 Å². The van der Waals surface area contributed by atoms with Crippen LogP contribution < -0.4 is 16.0 Å². The summed E-state index contributed by atoms with van der Waals surface area (Å²) < 4.78 is 54.1. The molecule has 0 radical (unpaired) electrons. The second kappa shape index (κ2) is 10.2. The third-order valence-electron chi connectivity index (χ3n) is 6.78. The summed E-state index contributed by atoms with van der Waals surface area (Å²) in [5, 5.41) is 13.9. The van der Waals surface area contributed by atoms with Gasteiger partial charge in [0.2, 0.25) is 11.7 Å². The topological polar surface area (TPSA) is 108 Å². The highest BCUT2D eigenvalue weighted by Crippen LogP contribution is 2.36. The molecule has 0 bridgehead atoms. The summed E-state index contributed by atoms with van der Waals surface area (Å²) in [6.07, 6.45) is -0.929. The third-order valence-corrected chi connectivity index (χ3v) is 6.78. The van der Waals surface area contributed by atoms with E-state index in [1.54, 1.807) is 16.7 Å². The molecule has 1 aliphatic carbocycles. The summed E-state index contributed by atoms with van der Waals surface area (Å²) in [6, 6.07) is 4.86. The highest BCUT2D eigenvalue weighted by Gasteiger charge is 2.38. The standard InChI is InChI=1S/C24H30F4N6O2/c1-23(36)13-33(12-19(29)35)9-8-17(23)10-30-21-20(25)22(32-14-31-21)34(18-6-7-18)11-15-2-4-16(5-3-15)24(26,27)28/h2-5,14,17-18,36H,6-13H2,1H3,(H2,29,35)(H,30,31,32)/t17-,23?/m0/s1. The minimum absolute atomic E-state index is 0.00608. The van der Waals surface area contributed by atoms with Crippen LogP contribution in [0.3, 0.4) is 0 Å². The molecular formula is C24H30F4N6O2. The lowest BCUT2D eigenvalue weighted by Gasteiger charge is -2.42. The molecule has 196 valence electrons. The number of halogens is 4. The average molecular weight is 511 g/mol. The van der Waals surface area contributed by atoms with E-state index < -0.39 is 29.1 Å². The number of aromatic nitrogens is 2. The maximum absolute atomic E-state index is 15.5. The molecule has 4 rings (SSSR count). The minimum atomic E-state index is -4.42. The third kappa shape index (κ3) is 6.22. The number of anilines is 2. The first-order valence-electron chi connectivity index (χ1n) is 11.8. The Hall–Kier alpha value is -2.99. The van der Waals surface area contributed by atoms with E-state index in [1.807, 2.05) is 0 Å². The number of hydrogen-bond acceptors (Lipinski definition) is 7. The van der Waals surface area contributed by atoms with Crippen molar-refractivity contribution >= 4 is 17.5 Å². The van der Waals surface area contributed by atoms with Gasteiger partial charge in [0.15, 0.2) is 11.6 Å². The molecule has 36 heavy (non-hydrogen) atoms. The quantitative estimate of drug-likeness (QED) is 0.446. The number of carbonyl (C=O) groups excluding carboxylic acids is 1. The van der Waals surface area contributed by atoms with Crippen molar-refractivity contribution in [2.24, 2.45) is 11.7 Å². The molecule has 1 amide bonds. The summed E-state index contributed by atoms with van der Waals surface area (Å²) in [6.45, 7) is 3.05. The molecule has 12 heteroatoms. The summed E-state index contributed by atoms with van der Waals surface area (Å²) in [5.41, 5.74) is 4.02. The number of carbonyl (C=O) groups is 1. The number of likely N-dealkylation sites (tertiary alicyclic amines) is 1. The van der Waals surface area contributed by atoms with Crippen LogP contribution in [0.25, 0.3) is 0 Å². The molecule has 1 saturated heterocycles. The Morgan fingerprint density at radius 3 is 2.53 bits per heavy atom. The number of aliphatic hydroxyl groups is 1. The first kappa shape index (κ1) is 26.1. The van der Waals surface area contributed by atoms with Crippen LogP contribution >= 0.6 is 0 Å². The molecule has 8 nitrogen and oxygen atoms in total. The zero-order valence-electron chi connectivity index (χ0n) is 19.9. The van der Waals surface area contributed by atoms with E-state index in [1.165, 1.54) is 18.5 Å². The maximum atomic E-state index is 15.5. The summed E-state index contributed by atoms with van der Waals surface area (Å²) in [5.74, 6) is -1.26. The maximum Gasteiger partial charge on any atom is 0.416 e. The van der Waals surface area contributed by atoms with Crippen LogP contribution in [0.2, 0.25) is 0 Å². The van der Waals surface area contributed by atoms with E-state index in [0.29, 0.717) is 18.5 Å². The Balaban J connectivity index is 1.45. The Bertz CT molecular complexity index is 1080. The van der Waals surface area contributed by atoms with Crippen molar-refractivity contribution in [2.75, 3.05) is 36.4 Å². The van der Waals surface area contributed by atoms with Crippen molar-refractivity contribution in [1.29, 1.82) is 0 Å². The molecule has 1 unspecified atom stereocenters. The molecule has 4 N–H and O–H groups in total. The van der Waals surface area contributed by atoms with Gasteiger partial charge in [0, 0.05) is 31.6 Å². The number of nitrogens with two attached hydrogens (primary N) is 1. The van der Waals surface area contributed by atoms with Gasteiger partial charge in [-0.25, -0.2) is 9.97 Å². The zero-order valence-corrected chi connectivity index (χ0v) is 19.9. The molecule has 1 aromatic carbocycles. The predicted molar refractivity (Wildman–Crippen MR) is 125 cm³/mol. The Morgan fingerprint density at radius 2 is 1.94 bits per heavy atom. The van der Waals surface area contributed by atoms with Gasteiger partial charge in [0.25, 0.3) is 0 Å². The van der Waals surface area contributed by atoms with Gasteiger partial charge < -0.3 is 21.1 Å². The van der Waals surface area contributed by atoms with Crippen LogP contribution in [-0.2, 0) is 17.5 Å². The lowest BCUT2D eigenvalue weighted by molar-refractivity contribution is -0.137. The first-order chi connectivity index (χ1) is 16.9. The number of nitrogens with one attached hydrogen (secondary N) is 1. The molecule has 1 saturated carbocycles.